The van der Waals surface area contributed by atoms with Crippen LogP contribution in [0.15, 0.2) is 18.2 Å². The van der Waals surface area contributed by atoms with Gasteiger partial charge in [0.15, 0.2) is 0 Å². The number of nitro benzene ring substituents is 1. The molecule has 0 aromatic heterocycles. The molecule has 1 aromatic rings. The summed E-state index contributed by atoms with van der Waals surface area (Å²) in [5.41, 5.74) is -0.144. The molecule has 0 radical (unpaired) electrons. The van der Waals surface area contributed by atoms with Crippen LogP contribution in [0.4, 0.5) is 11.4 Å². The normalized spacial score (nSPS) is 9.62. The van der Waals surface area contributed by atoms with E-state index in [0.717, 1.165) is 0 Å². The first-order chi connectivity index (χ1) is 7.58. The lowest BCUT2D eigenvalue weighted by atomic mass is 10.2. The molecule has 6 nitrogen and oxygen atoms in total. The van der Waals surface area contributed by atoms with Crippen LogP contribution in [-0.2, 0) is 4.79 Å². The van der Waals surface area contributed by atoms with Crippen LogP contribution in [0.5, 0.6) is 5.75 Å². The first-order valence-corrected chi connectivity index (χ1v) is 4.80. The number of nitrogens with one attached hydrogen (secondary N) is 1. The van der Waals surface area contributed by atoms with E-state index >= 15 is 0 Å². The molecule has 0 spiro atoms. The summed E-state index contributed by atoms with van der Waals surface area (Å²) < 4.78 is 4.85. The van der Waals surface area contributed by atoms with Gasteiger partial charge in [0, 0.05) is 0 Å². The van der Waals surface area contributed by atoms with Crippen molar-refractivity contribution in [2.24, 2.45) is 0 Å². The van der Waals surface area contributed by atoms with Crippen molar-refractivity contribution in [3.05, 3.63) is 28.3 Å². The number of carbonyl (C=O) groups is 1. The standard InChI is InChI=1S/C9H9ClN2O4/c1-16-6-2-3-7(11-9(13)5-10)8(4-6)12(14)15/h2-4H,5H2,1H3,(H,11,13). The maximum atomic E-state index is 11.0. The fraction of sp³-hybridized carbons (Fsp3) is 0.222. The minimum absolute atomic E-state index is 0.0939. The molecule has 16 heavy (non-hydrogen) atoms. The minimum atomic E-state index is -0.605. The monoisotopic (exact) mass is 244 g/mol. The molecule has 7 heteroatoms. The third kappa shape index (κ3) is 2.83. The number of methoxy groups -OCH3 is 1. The van der Waals surface area contributed by atoms with Crippen molar-refractivity contribution >= 4 is 28.9 Å². The van der Waals surface area contributed by atoms with Gasteiger partial charge >= 0.3 is 0 Å². The van der Waals surface area contributed by atoms with Crippen LogP contribution in [0.2, 0.25) is 0 Å². The lowest BCUT2D eigenvalue weighted by Gasteiger charge is -2.05. The Bertz CT molecular complexity index is 422. The number of ether oxygens (including phenoxy) is 1. The van der Waals surface area contributed by atoms with Gasteiger partial charge in [0.05, 0.1) is 18.1 Å². The predicted molar refractivity (Wildman–Crippen MR) is 59.0 cm³/mol. The highest BCUT2D eigenvalue weighted by Crippen LogP contribution is 2.28. The van der Waals surface area contributed by atoms with E-state index in [2.05, 4.69) is 5.32 Å². The van der Waals surface area contributed by atoms with E-state index in [1.54, 1.807) is 0 Å². The highest BCUT2D eigenvalue weighted by Gasteiger charge is 2.16. The van der Waals surface area contributed by atoms with Crippen molar-refractivity contribution in [3.63, 3.8) is 0 Å². The van der Waals surface area contributed by atoms with E-state index in [9.17, 15) is 14.9 Å². The average Bonchev–Trinajstić information content (AvgIpc) is 2.29. The Morgan fingerprint density at radius 3 is 2.81 bits per heavy atom. The highest BCUT2D eigenvalue weighted by molar-refractivity contribution is 6.29. The van der Waals surface area contributed by atoms with Gasteiger partial charge in [-0.1, -0.05) is 0 Å². The quantitative estimate of drug-likeness (QED) is 0.497. The molecule has 0 aliphatic rings. The van der Waals surface area contributed by atoms with E-state index in [4.69, 9.17) is 16.3 Å². The van der Waals surface area contributed by atoms with Gasteiger partial charge in [-0.3, -0.25) is 14.9 Å². The second kappa shape index (κ2) is 5.32. The van der Waals surface area contributed by atoms with Crippen molar-refractivity contribution in [2.75, 3.05) is 18.3 Å². The number of halogens is 1. The summed E-state index contributed by atoms with van der Waals surface area (Å²) in [4.78, 5) is 21.1. The number of anilines is 1. The SMILES string of the molecule is COc1ccc(NC(=O)CCl)c([N+](=O)[O-])c1. The molecule has 1 aromatic carbocycles. The van der Waals surface area contributed by atoms with Gasteiger partial charge in [0.1, 0.15) is 17.3 Å². The topological polar surface area (TPSA) is 81.5 Å². The third-order valence-electron chi connectivity index (χ3n) is 1.80. The Kier molecular flexibility index (Phi) is 4.07. The van der Waals surface area contributed by atoms with Crippen molar-refractivity contribution in [2.45, 2.75) is 0 Å². The smallest absolute Gasteiger partial charge is 0.296 e. The molecule has 0 aliphatic carbocycles. The van der Waals surface area contributed by atoms with Gasteiger partial charge in [0.25, 0.3) is 5.69 Å². The molecule has 0 bridgehead atoms. The van der Waals surface area contributed by atoms with Crippen LogP contribution in [0.25, 0.3) is 0 Å². The lowest BCUT2D eigenvalue weighted by molar-refractivity contribution is -0.384. The molecular weight excluding hydrogens is 236 g/mol. The molecule has 0 aliphatic heterocycles. The number of hydrogen-bond donors (Lipinski definition) is 1. The zero-order valence-electron chi connectivity index (χ0n) is 8.40. The van der Waals surface area contributed by atoms with Gasteiger partial charge in [-0.2, -0.15) is 0 Å². The minimum Gasteiger partial charge on any atom is -0.496 e. The number of amides is 1. The highest BCUT2D eigenvalue weighted by atomic mass is 35.5. The number of nitrogens with zero attached hydrogens (tertiary/aromatic N) is 1. The fourth-order valence-electron chi connectivity index (χ4n) is 1.08. The molecule has 1 amide bonds. The number of nitro groups is 1. The first kappa shape index (κ1) is 12.3. The van der Waals surface area contributed by atoms with Gasteiger partial charge in [-0.25, -0.2) is 0 Å². The Morgan fingerprint density at radius 2 is 2.31 bits per heavy atom. The summed E-state index contributed by atoms with van der Waals surface area (Å²) in [6.07, 6.45) is 0. The number of rotatable bonds is 4. The average molecular weight is 245 g/mol. The van der Waals surface area contributed by atoms with Crippen molar-refractivity contribution < 1.29 is 14.5 Å². The van der Waals surface area contributed by atoms with Gasteiger partial charge in [-0.15, -0.1) is 11.6 Å². The summed E-state index contributed by atoms with van der Waals surface area (Å²) >= 11 is 5.29. The number of alkyl halides is 1. The van der Waals surface area contributed by atoms with E-state index in [1.165, 1.54) is 25.3 Å². The summed E-state index contributed by atoms with van der Waals surface area (Å²) in [7, 11) is 1.40. The van der Waals surface area contributed by atoms with E-state index in [1.807, 2.05) is 0 Å². The van der Waals surface area contributed by atoms with E-state index in [-0.39, 0.29) is 17.3 Å². The summed E-state index contributed by atoms with van der Waals surface area (Å²) in [6.45, 7) is 0. The van der Waals surface area contributed by atoms with E-state index < -0.39 is 10.8 Å². The van der Waals surface area contributed by atoms with Crippen molar-refractivity contribution in [1.82, 2.24) is 0 Å². The van der Waals surface area contributed by atoms with Gasteiger partial charge in [-0.05, 0) is 12.1 Å². The van der Waals surface area contributed by atoms with Crippen molar-refractivity contribution in [1.29, 1.82) is 0 Å². The van der Waals surface area contributed by atoms with Crippen LogP contribution in [0.1, 0.15) is 0 Å². The molecule has 0 fully saturated rings. The molecule has 0 saturated heterocycles. The first-order valence-electron chi connectivity index (χ1n) is 4.26. The molecule has 1 N–H and O–H groups in total. The molecular formula is C9H9ClN2O4. The Morgan fingerprint density at radius 1 is 1.62 bits per heavy atom. The molecule has 86 valence electrons. The largest absolute Gasteiger partial charge is 0.496 e. The molecule has 0 atom stereocenters. The maximum absolute atomic E-state index is 11.0. The molecule has 0 saturated carbocycles. The van der Waals surface area contributed by atoms with Gasteiger partial charge in [0.2, 0.25) is 5.91 Å². The molecule has 0 heterocycles. The van der Waals surface area contributed by atoms with Crippen LogP contribution in [0, 0.1) is 10.1 Å². The molecule has 0 unspecified atom stereocenters. The second-order valence-corrected chi connectivity index (χ2v) is 3.09. The Labute approximate surface area is 96.3 Å². The third-order valence-corrected chi connectivity index (χ3v) is 2.04. The zero-order valence-corrected chi connectivity index (χ0v) is 9.15. The Hall–Kier alpha value is -1.82. The van der Waals surface area contributed by atoms with Crippen LogP contribution < -0.4 is 10.1 Å². The van der Waals surface area contributed by atoms with E-state index in [0.29, 0.717) is 5.75 Å². The second-order valence-electron chi connectivity index (χ2n) is 2.82. The number of hydrogen-bond acceptors (Lipinski definition) is 4. The summed E-state index contributed by atoms with van der Waals surface area (Å²) in [5.74, 6) is -0.422. The summed E-state index contributed by atoms with van der Waals surface area (Å²) in [6, 6.07) is 4.13. The predicted octanol–water partition coefficient (Wildman–Crippen LogP) is 1.78. The van der Waals surface area contributed by atoms with Gasteiger partial charge < -0.3 is 10.1 Å². The number of carbonyl (C=O) groups excluding carboxylic acids is 1. The fourth-order valence-corrected chi connectivity index (χ4v) is 1.15. The maximum Gasteiger partial charge on any atom is 0.296 e. The molecule has 1 rings (SSSR count). The summed E-state index contributed by atoms with van der Waals surface area (Å²) in [5, 5.41) is 13.1. The van der Waals surface area contributed by atoms with Crippen LogP contribution in [0.3, 0.4) is 0 Å². The number of benzene rings is 1. The zero-order chi connectivity index (χ0) is 12.1. The van der Waals surface area contributed by atoms with Crippen LogP contribution in [-0.4, -0.2) is 23.8 Å². The van der Waals surface area contributed by atoms with Crippen molar-refractivity contribution in [3.8, 4) is 5.75 Å². The van der Waals surface area contributed by atoms with Crippen LogP contribution >= 0.6 is 11.6 Å². The Balaban J connectivity index is 3.08. The lowest BCUT2D eigenvalue weighted by Crippen LogP contribution is -2.13.